The van der Waals surface area contributed by atoms with Gasteiger partial charge in [-0.05, 0) is 18.5 Å². The summed E-state index contributed by atoms with van der Waals surface area (Å²) in [5.41, 5.74) is 0. The standard InChI is InChI=1S/C11H15ClN6O/c1-8(7-13)17-3-5-18(6-4-17)10-14-9(12)15-11(16-10)19-2/h8H,3-6H2,1-2H3. The average Bonchev–Trinajstić information content (AvgIpc) is 2.46. The second kappa shape index (κ2) is 5.99. The van der Waals surface area contributed by atoms with E-state index in [0.29, 0.717) is 5.95 Å². The summed E-state index contributed by atoms with van der Waals surface area (Å²) in [6.45, 7) is 4.98. The largest absolute Gasteiger partial charge is 0.467 e. The maximum absolute atomic E-state index is 8.90. The first-order valence-electron chi connectivity index (χ1n) is 5.98. The first-order valence-corrected chi connectivity index (χ1v) is 6.36. The first kappa shape index (κ1) is 13.8. The molecule has 8 heteroatoms. The molecule has 0 amide bonds. The third-order valence-corrected chi connectivity index (χ3v) is 3.26. The number of nitrogens with zero attached hydrogens (tertiary/aromatic N) is 6. The highest BCUT2D eigenvalue weighted by atomic mass is 35.5. The van der Waals surface area contributed by atoms with Crippen molar-refractivity contribution < 1.29 is 4.74 Å². The summed E-state index contributed by atoms with van der Waals surface area (Å²) in [6.07, 6.45) is 0. The van der Waals surface area contributed by atoms with Crippen LogP contribution >= 0.6 is 11.6 Å². The number of methoxy groups -OCH3 is 1. The number of aromatic nitrogens is 3. The molecule has 19 heavy (non-hydrogen) atoms. The molecular weight excluding hydrogens is 268 g/mol. The van der Waals surface area contributed by atoms with Gasteiger partial charge in [-0.3, -0.25) is 4.90 Å². The fourth-order valence-corrected chi connectivity index (χ4v) is 2.09. The van der Waals surface area contributed by atoms with Crippen LogP contribution < -0.4 is 9.64 Å². The van der Waals surface area contributed by atoms with Crippen LogP contribution in [-0.2, 0) is 0 Å². The smallest absolute Gasteiger partial charge is 0.322 e. The molecule has 1 aliphatic rings. The Labute approximate surface area is 116 Å². The molecule has 7 nitrogen and oxygen atoms in total. The number of anilines is 1. The van der Waals surface area contributed by atoms with E-state index < -0.39 is 0 Å². The van der Waals surface area contributed by atoms with Gasteiger partial charge in [-0.1, -0.05) is 0 Å². The van der Waals surface area contributed by atoms with Crippen LogP contribution in [-0.4, -0.2) is 59.2 Å². The molecular formula is C11H15ClN6O. The molecule has 0 spiro atoms. The summed E-state index contributed by atoms with van der Waals surface area (Å²) >= 11 is 5.83. The van der Waals surface area contributed by atoms with Crippen LogP contribution in [0.25, 0.3) is 0 Å². The van der Waals surface area contributed by atoms with E-state index in [4.69, 9.17) is 21.6 Å². The Morgan fingerprint density at radius 2 is 1.95 bits per heavy atom. The molecule has 0 bridgehead atoms. The number of rotatable bonds is 3. The number of ether oxygens (including phenoxy) is 1. The Balaban J connectivity index is 2.05. The van der Waals surface area contributed by atoms with Crippen LogP contribution in [0.15, 0.2) is 0 Å². The number of nitriles is 1. The lowest BCUT2D eigenvalue weighted by atomic mass is 10.2. The summed E-state index contributed by atoms with van der Waals surface area (Å²) in [5.74, 6) is 0.515. The Morgan fingerprint density at radius 3 is 2.53 bits per heavy atom. The summed E-state index contributed by atoms with van der Waals surface area (Å²) < 4.78 is 4.98. The molecule has 2 heterocycles. The third kappa shape index (κ3) is 3.22. The number of halogens is 1. The lowest BCUT2D eigenvalue weighted by molar-refractivity contribution is 0.230. The van der Waals surface area contributed by atoms with Crippen molar-refractivity contribution >= 4 is 17.5 Å². The fraction of sp³-hybridized carbons (Fsp3) is 0.636. The van der Waals surface area contributed by atoms with Crippen molar-refractivity contribution in [3.8, 4) is 12.1 Å². The van der Waals surface area contributed by atoms with Gasteiger partial charge in [0.05, 0.1) is 19.2 Å². The molecule has 0 saturated carbocycles. The molecule has 1 aromatic heterocycles. The van der Waals surface area contributed by atoms with Crippen LogP contribution in [0.5, 0.6) is 6.01 Å². The Bertz CT molecular complexity index is 483. The van der Waals surface area contributed by atoms with E-state index in [1.54, 1.807) is 0 Å². The van der Waals surface area contributed by atoms with Gasteiger partial charge >= 0.3 is 6.01 Å². The van der Waals surface area contributed by atoms with Crippen LogP contribution in [0.4, 0.5) is 5.95 Å². The topological polar surface area (TPSA) is 78.2 Å². The molecule has 2 rings (SSSR count). The molecule has 0 radical (unpaired) electrons. The maximum Gasteiger partial charge on any atom is 0.322 e. The van der Waals surface area contributed by atoms with Gasteiger partial charge in [0.15, 0.2) is 0 Å². The number of hydrogen-bond acceptors (Lipinski definition) is 7. The highest BCUT2D eigenvalue weighted by molar-refractivity contribution is 6.28. The number of piperazine rings is 1. The van der Waals surface area contributed by atoms with Crippen molar-refractivity contribution in [2.75, 3.05) is 38.2 Å². The van der Waals surface area contributed by atoms with E-state index in [1.807, 2.05) is 11.8 Å². The normalized spacial score (nSPS) is 17.9. The summed E-state index contributed by atoms with van der Waals surface area (Å²) in [5, 5.41) is 9.02. The van der Waals surface area contributed by atoms with Crippen molar-refractivity contribution in [3.05, 3.63) is 5.28 Å². The molecule has 1 aromatic rings. The van der Waals surface area contributed by atoms with E-state index in [2.05, 4.69) is 25.9 Å². The minimum absolute atomic E-state index is 0.0707. The van der Waals surface area contributed by atoms with E-state index >= 15 is 0 Å². The van der Waals surface area contributed by atoms with Gasteiger partial charge in [0, 0.05) is 26.2 Å². The van der Waals surface area contributed by atoms with E-state index in [1.165, 1.54) is 7.11 Å². The van der Waals surface area contributed by atoms with Gasteiger partial charge in [0.2, 0.25) is 11.2 Å². The Hall–Kier alpha value is -1.65. The van der Waals surface area contributed by atoms with Gasteiger partial charge in [0.1, 0.15) is 0 Å². The van der Waals surface area contributed by atoms with Gasteiger partial charge in [-0.2, -0.15) is 20.2 Å². The van der Waals surface area contributed by atoms with Crippen molar-refractivity contribution in [1.82, 2.24) is 19.9 Å². The maximum atomic E-state index is 8.90. The highest BCUT2D eigenvalue weighted by Gasteiger charge is 2.23. The zero-order valence-corrected chi connectivity index (χ0v) is 11.6. The summed E-state index contributed by atoms with van der Waals surface area (Å²) in [7, 11) is 1.49. The quantitative estimate of drug-likeness (QED) is 0.802. The van der Waals surface area contributed by atoms with Crippen LogP contribution in [0, 0.1) is 11.3 Å². The highest BCUT2D eigenvalue weighted by Crippen LogP contribution is 2.17. The van der Waals surface area contributed by atoms with Crippen LogP contribution in [0.2, 0.25) is 5.28 Å². The molecule has 1 unspecified atom stereocenters. The second-order valence-electron chi connectivity index (χ2n) is 4.22. The van der Waals surface area contributed by atoms with Gasteiger partial charge < -0.3 is 9.64 Å². The van der Waals surface area contributed by atoms with Crippen molar-refractivity contribution in [2.45, 2.75) is 13.0 Å². The second-order valence-corrected chi connectivity index (χ2v) is 4.56. The van der Waals surface area contributed by atoms with Gasteiger partial charge in [-0.15, -0.1) is 0 Å². The fourth-order valence-electron chi connectivity index (χ4n) is 1.95. The lowest BCUT2D eigenvalue weighted by Gasteiger charge is -2.35. The first-order chi connectivity index (χ1) is 9.13. The molecule has 0 aromatic carbocycles. The van der Waals surface area contributed by atoms with E-state index in [0.717, 1.165) is 26.2 Å². The minimum atomic E-state index is -0.0707. The summed E-state index contributed by atoms with van der Waals surface area (Å²) in [4.78, 5) is 16.3. The van der Waals surface area contributed by atoms with Gasteiger partial charge in [0.25, 0.3) is 0 Å². The predicted octanol–water partition coefficient (Wildman–Crippen LogP) is 0.568. The zero-order valence-electron chi connectivity index (χ0n) is 10.9. The molecule has 1 saturated heterocycles. The SMILES string of the molecule is COc1nc(Cl)nc(N2CCN(C(C)C#N)CC2)n1. The monoisotopic (exact) mass is 282 g/mol. The van der Waals surface area contributed by atoms with E-state index in [-0.39, 0.29) is 17.3 Å². The predicted molar refractivity (Wildman–Crippen MR) is 70.3 cm³/mol. The molecule has 102 valence electrons. The lowest BCUT2D eigenvalue weighted by Crippen LogP contribution is -2.49. The van der Waals surface area contributed by atoms with Crippen molar-refractivity contribution in [3.63, 3.8) is 0 Å². The van der Waals surface area contributed by atoms with Crippen molar-refractivity contribution in [1.29, 1.82) is 5.26 Å². The summed E-state index contributed by atoms with van der Waals surface area (Å²) in [6, 6.07) is 2.38. The Kier molecular flexibility index (Phi) is 4.35. The van der Waals surface area contributed by atoms with E-state index in [9.17, 15) is 0 Å². The van der Waals surface area contributed by atoms with Crippen molar-refractivity contribution in [2.24, 2.45) is 0 Å². The molecule has 1 fully saturated rings. The molecule has 1 aliphatic heterocycles. The van der Waals surface area contributed by atoms with Gasteiger partial charge in [-0.25, -0.2) is 0 Å². The Morgan fingerprint density at radius 1 is 1.26 bits per heavy atom. The molecule has 0 N–H and O–H groups in total. The average molecular weight is 283 g/mol. The van der Waals surface area contributed by atoms with Crippen LogP contribution in [0.1, 0.15) is 6.92 Å². The van der Waals surface area contributed by atoms with Crippen LogP contribution in [0.3, 0.4) is 0 Å². The third-order valence-electron chi connectivity index (χ3n) is 3.09. The zero-order chi connectivity index (χ0) is 13.8. The minimum Gasteiger partial charge on any atom is -0.467 e. The number of hydrogen-bond donors (Lipinski definition) is 0. The molecule has 1 atom stereocenters. The molecule has 0 aliphatic carbocycles.